The molecule has 0 aliphatic heterocycles. The summed E-state index contributed by atoms with van der Waals surface area (Å²) in [4.78, 5) is 77.4. The summed E-state index contributed by atoms with van der Waals surface area (Å²) in [6, 6.07) is -4.40. The number of hydrogen-bond acceptors (Lipinski definition) is 11. The summed E-state index contributed by atoms with van der Waals surface area (Å²) in [7, 11) is 0. The van der Waals surface area contributed by atoms with Crippen LogP contribution in [-0.4, -0.2) is 107 Å². The molecule has 440 valence electrons. The molecule has 3 amide bonds. The van der Waals surface area contributed by atoms with E-state index in [9.17, 15) is 44.1 Å². The summed E-state index contributed by atoms with van der Waals surface area (Å²) >= 11 is 1.21. The number of amides is 3. The van der Waals surface area contributed by atoms with Gasteiger partial charge < -0.3 is 40.7 Å². The zero-order valence-corrected chi connectivity index (χ0v) is 48.9. The maximum Gasteiger partial charge on any atom is 0.328 e. The van der Waals surface area contributed by atoms with Crippen molar-refractivity contribution in [1.29, 1.82) is 0 Å². The predicted octanol–water partition coefficient (Wildman–Crippen LogP) is 13.1. The zero-order valence-electron chi connectivity index (χ0n) is 48.1. The molecule has 6 N–H and O–H groups in total. The number of ether oxygens (including phenoxy) is 2. The van der Waals surface area contributed by atoms with Crippen LogP contribution in [0.4, 0.5) is 0 Å². The molecule has 0 radical (unpaired) electrons. The van der Waals surface area contributed by atoms with Gasteiger partial charge in [0.15, 0.2) is 0 Å². The maximum absolute atomic E-state index is 13.7. The topological polar surface area (TPSA) is 218 Å². The van der Waals surface area contributed by atoms with Gasteiger partial charge in [0.25, 0.3) is 0 Å². The smallest absolute Gasteiger partial charge is 0.328 e. The average Bonchev–Trinajstić information content (AvgIpc) is 3.39. The van der Waals surface area contributed by atoms with Gasteiger partial charge in [0.2, 0.25) is 17.7 Å². The quantitative estimate of drug-likeness (QED) is 0.0248. The van der Waals surface area contributed by atoms with Gasteiger partial charge in [-0.2, -0.15) is 11.8 Å². The van der Waals surface area contributed by atoms with Crippen molar-refractivity contribution >= 4 is 47.4 Å². The van der Waals surface area contributed by atoms with Crippen LogP contribution < -0.4 is 16.0 Å². The molecule has 0 heterocycles. The lowest BCUT2D eigenvalue weighted by Gasteiger charge is -2.24. The number of rotatable bonds is 57. The molecule has 0 aromatic rings. The number of carboxylic acid groups (broad SMARTS) is 1. The Labute approximate surface area is 461 Å². The lowest BCUT2D eigenvalue weighted by molar-refractivity contribution is -0.157. The van der Waals surface area contributed by atoms with E-state index in [2.05, 4.69) is 36.7 Å². The van der Waals surface area contributed by atoms with Gasteiger partial charge >= 0.3 is 17.9 Å². The fraction of sp³-hybridized carbons (Fsp3) is 0.900. The molecule has 14 nitrogen and oxygen atoms in total. The van der Waals surface area contributed by atoms with Crippen molar-refractivity contribution in [1.82, 2.24) is 16.0 Å². The van der Waals surface area contributed by atoms with Crippen LogP contribution >= 0.6 is 11.8 Å². The van der Waals surface area contributed by atoms with Gasteiger partial charge in [-0.25, -0.2) is 4.79 Å². The molecule has 15 heteroatoms. The molecule has 0 saturated carbocycles. The first kappa shape index (κ1) is 72.1. The number of carbonyl (C=O) groups is 6. The molecule has 0 saturated heterocycles. The molecule has 4 atom stereocenters. The first-order valence-corrected chi connectivity index (χ1v) is 32.0. The monoisotopic (exact) mass is 1080 g/mol. The number of hydrogen-bond donors (Lipinski definition) is 6. The normalized spacial score (nSPS) is 12.9. The Bertz CT molecular complexity index is 1390. The van der Waals surface area contributed by atoms with Crippen molar-refractivity contribution in [3.05, 3.63) is 0 Å². The third kappa shape index (κ3) is 46.9. The summed E-state index contributed by atoms with van der Waals surface area (Å²) in [6.07, 6.45) is 45.9. The number of carbonyl (C=O) groups excluding carboxylic acids is 5. The van der Waals surface area contributed by atoms with Crippen LogP contribution in [-0.2, 0) is 38.2 Å². The highest BCUT2D eigenvalue weighted by atomic mass is 32.2. The van der Waals surface area contributed by atoms with Crippen molar-refractivity contribution in [2.24, 2.45) is 0 Å². The minimum absolute atomic E-state index is 0.00977. The molecular weight excluding hydrogens is 971 g/mol. The van der Waals surface area contributed by atoms with Crippen LogP contribution in [0, 0.1) is 0 Å². The van der Waals surface area contributed by atoms with E-state index in [0.29, 0.717) is 19.3 Å². The zero-order chi connectivity index (χ0) is 55.3. The van der Waals surface area contributed by atoms with Gasteiger partial charge in [-0.1, -0.05) is 252 Å². The molecule has 0 rings (SSSR count). The number of aliphatic hydroxyl groups excluding tert-OH is 2. The van der Waals surface area contributed by atoms with E-state index in [1.165, 1.54) is 185 Å². The lowest BCUT2D eigenvalue weighted by Crippen LogP contribution is -2.58. The Balaban J connectivity index is 5.46. The van der Waals surface area contributed by atoms with E-state index in [-0.39, 0.29) is 49.3 Å². The highest BCUT2D eigenvalue weighted by molar-refractivity contribution is 7.99. The van der Waals surface area contributed by atoms with Gasteiger partial charge in [-0.15, -0.1) is 0 Å². The summed E-state index contributed by atoms with van der Waals surface area (Å²) in [6.45, 7) is 4.79. The fourth-order valence-corrected chi connectivity index (χ4v) is 10.2. The Morgan fingerprint density at radius 3 is 1.07 bits per heavy atom. The Hall–Kier alpha value is -2.91. The highest BCUT2D eigenvalue weighted by Gasteiger charge is 2.30. The molecule has 0 aromatic carbocycles. The van der Waals surface area contributed by atoms with Crippen LogP contribution in [0.2, 0.25) is 0 Å². The van der Waals surface area contributed by atoms with Crippen LogP contribution in [0.15, 0.2) is 0 Å². The predicted molar refractivity (Wildman–Crippen MR) is 307 cm³/mol. The van der Waals surface area contributed by atoms with Gasteiger partial charge in [0, 0.05) is 30.8 Å². The molecule has 0 aromatic heterocycles. The Kier molecular flexibility index (Phi) is 52.3. The third-order valence-corrected chi connectivity index (χ3v) is 15.2. The van der Waals surface area contributed by atoms with Gasteiger partial charge in [-0.3, -0.25) is 24.0 Å². The number of aliphatic hydroxyl groups is 2. The van der Waals surface area contributed by atoms with Crippen molar-refractivity contribution in [3.63, 3.8) is 0 Å². The van der Waals surface area contributed by atoms with Gasteiger partial charge in [0.1, 0.15) is 30.8 Å². The summed E-state index contributed by atoms with van der Waals surface area (Å²) in [5.41, 5.74) is 0. The van der Waals surface area contributed by atoms with Crippen molar-refractivity contribution in [3.8, 4) is 0 Å². The number of nitrogens with one attached hydrogen (secondary N) is 3. The summed E-state index contributed by atoms with van der Waals surface area (Å²) in [5.74, 6) is -4.28. The number of aliphatic carboxylic acids is 1. The second kappa shape index (κ2) is 54.4. The van der Waals surface area contributed by atoms with Crippen LogP contribution in [0.3, 0.4) is 0 Å². The molecule has 0 fully saturated rings. The number of carboxylic acids is 1. The molecule has 3 unspecified atom stereocenters. The van der Waals surface area contributed by atoms with Crippen molar-refractivity contribution in [2.75, 3.05) is 31.3 Å². The van der Waals surface area contributed by atoms with Crippen LogP contribution in [0.5, 0.6) is 0 Å². The average molecular weight is 1080 g/mol. The second-order valence-electron chi connectivity index (χ2n) is 21.3. The second-order valence-corrected chi connectivity index (χ2v) is 22.3. The summed E-state index contributed by atoms with van der Waals surface area (Å²) < 4.78 is 11.5. The van der Waals surface area contributed by atoms with E-state index >= 15 is 0 Å². The molecule has 0 bridgehead atoms. The van der Waals surface area contributed by atoms with Crippen molar-refractivity contribution < 1.29 is 53.6 Å². The van der Waals surface area contributed by atoms with Crippen LogP contribution in [0.25, 0.3) is 0 Å². The van der Waals surface area contributed by atoms with Crippen LogP contribution in [0.1, 0.15) is 290 Å². The molecule has 75 heavy (non-hydrogen) atoms. The molecule has 0 spiro atoms. The minimum Gasteiger partial charge on any atom is -0.480 e. The van der Waals surface area contributed by atoms with Crippen molar-refractivity contribution in [2.45, 2.75) is 315 Å². The first-order valence-electron chi connectivity index (χ1n) is 30.8. The van der Waals surface area contributed by atoms with E-state index in [4.69, 9.17) is 9.47 Å². The SMILES string of the molecule is CCCCCCCCCCCCCCCC(=O)N[C@@H](CSCC(COC(=O)CCCCCCCCCCCCCCC)OC(=O)CCCCCCCCCCCCCCC)C(=O)NC(CO)C(=O)NC(CO)C(=O)O. The first-order chi connectivity index (χ1) is 36.5. The fourth-order valence-electron chi connectivity index (χ4n) is 9.19. The highest BCUT2D eigenvalue weighted by Crippen LogP contribution is 2.18. The molecular formula is C60H113N3O11S. The molecule has 0 aliphatic carbocycles. The Morgan fingerprint density at radius 1 is 0.387 bits per heavy atom. The minimum atomic E-state index is -1.65. The van der Waals surface area contributed by atoms with E-state index in [1.54, 1.807) is 0 Å². The van der Waals surface area contributed by atoms with E-state index in [1.807, 2.05) is 0 Å². The van der Waals surface area contributed by atoms with E-state index in [0.717, 1.165) is 57.8 Å². The van der Waals surface area contributed by atoms with Gasteiger partial charge in [0.05, 0.1) is 13.2 Å². The summed E-state index contributed by atoms with van der Waals surface area (Å²) in [5, 5.41) is 36.0. The molecule has 0 aliphatic rings. The number of thioether (sulfide) groups is 1. The van der Waals surface area contributed by atoms with Gasteiger partial charge in [-0.05, 0) is 19.3 Å². The van der Waals surface area contributed by atoms with E-state index < -0.39 is 61.2 Å². The maximum atomic E-state index is 13.7. The largest absolute Gasteiger partial charge is 0.480 e. The number of esters is 2. The third-order valence-electron chi connectivity index (χ3n) is 14.1. The lowest BCUT2D eigenvalue weighted by atomic mass is 10.0. The Morgan fingerprint density at radius 2 is 0.707 bits per heavy atom. The number of unbranched alkanes of at least 4 members (excludes halogenated alkanes) is 36. The standard InChI is InChI=1S/C60H113N3O11S/c1-4-7-10-13-16-19-22-25-28-31-34-37-40-43-55(66)61-54(59(70)62-52(46-64)58(69)63-53(47-65)60(71)72)50-75-49-51(74-57(68)45-42-39-36-33-30-27-24-21-18-15-12-9-6-3)48-73-56(67)44-41-38-35-32-29-26-23-20-17-14-11-8-5-2/h51-54,64-65H,4-50H2,1-3H3,(H,61,66)(H,62,70)(H,63,69)(H,71,72)/t51?,52?,53?,54-/m0/s1.